The van der Waals surface area contributed by atoms with E-state index in [2.05, 4.69) is 32.6 Å². The highest BCUT2D eigenvalue weighted by molar-refractivity contribution is 5.66. The molecular weight excluding hydrogens is 364 g/mol. The molecular formula is C25H38O4. The van der Waals surface area contributed by atoms with Gasteiger partial charge in [0.25, 0.3) is 0 Å². The molecule has 0 bridgehead atoms. The molecule has 0 aromatic carbocycles. The third-order valence-corrected chi connectivity index (χ3v) is 8.04. The Balaban J connectivity index is 1.72. The number of carbonyl (C=O) groups is 1. The predicted octanol–water partition coefficient (Wildman–Crippen LogP) is 5.02. The molecule has 0 aromatic heterocycles. The molecule has 4 heteroatoms. The molecule has 3 fully saturated rings. The molecule has 3 aliphatic carbocycles. The largest absolute Gasteiger partial charge is 0.481 e. The average Bonchev–Trinajstić information content (AvgIpc) is 3.00. The highest BCUT2D eigenvalue weighted by Crippen LogP contribution is 2.59. The zero-order valence-corrected chi connectivity index (χ0v) is 18.1. The number of allylic oxidation sites excluding steroid dienone is 3. The van der Waals surface area contributed by atoms with Gasteiger partial charge >= 0.3 is 5.97 Å². The summed E-state index contributed by atoms with van der Waals surface area (Å²) in [6, 6.07) is 0. The summed E-state index contributed by atoms with van der Waals surface area (Å²) in [7, 11) is 0. The van der Waals surface area contributed by atoms with Gasteiger partial charge in [0.05, 0.1) is 12.2 Å². The minimum atomic E-state index is -0.692. The molecule has 0 radical (unpaired) electrons. The number of hydrogen-bond donors (Lipinski definition) is 3. The van der Waals surface area contributed by atoms with Gasteiger partial charge in [-0.15, -0.1) is 0 Å². The smallest absolute Gasteiger partial charge is 0.303 e. The molecule has 3 N–H and O–H groups in total. The van der Waals surface area contributed by atoms with Gasteiger partial charge in [0.1, 0.15) is 0 Å². The Morgan fingerprint density at radius 2 is 2.07 bits per heavy atom. The molecule has 3 rings (SSSR count). The van der Waals surface area contributed by atoms with Crippen LogP contribution in [0.25, 0.3) is 0 Å². The second-order valence-corrected chi connectivity index (χ2v) is 9.93. The molecule has 0 saturated heterocycles. The first-order valence-electron chi connectivity index (χ1n) is 11.4. The summed E-state index contributed by atoms with van der Waals surface area (Å²) in [5.41, 5.74) is 3.54. The first kappa shape index (κ1) is 22.3. The van der Waals surface area contributed by atoms with Crippen LogP contribution in [0.15, 0.2) is 35.5 Å². The highest BCUT2D eigenvalue weighted by Gasteiger charge is 2.50. The van der Waals surface area contributed by atoms with Crippen LogP contribution in [0.2, 0.25) is 0 Å². The lowest BCUT2D eigenvalue weighted by Crippen LogP contribution is -2.36. The number of fused-ring (bicyclic) bond motifs is 1. The molecule has 0 aromatic rings. The van der Waals surface area contributed by atoms with E-state index in [1.165, 1.54) is 31.3 Å². The maximum atomic E-state index is 10.9. The molecule has 29 heavy (non-hydrogen) atoms. The van der Waals surface area contributed by atoms with Crippen molar-refractivity contribution in [3.63, 3.8) is 0 Å². The molecule has 0 spiro atoms. The number of carboxylic acids is 1. The van der Waals surface area contributed by atoms with E-state index in [0.717, 1.165) is 30.4 Å². The Bertz CT molecular complexity index is 691. The summed E-state index contributed by atoms with van der Waals surface area (Å²) in [5.74, 6) is 1.12. The van der Waals surface area contributed by atoms with E-state index in [0.29, 0.717) is 36.0 Å². The maximum Gasteiger partial charge on any atom is 0.303 e. The van der Waals surface area contributed by atoms with Gasteiger partial charge < -0.3 is 15.3 Å². The summed E-state index contributed by atoms with van der Waals surface area (Å²) in [6.07, 6.45) is 12.3. The lowest BCUT2D eigenvalue weighted by Gasteiger charge is -2.44. The van der Waals surface area contributed by atoms with Crippen LogP contribution in [0.3, 0.4) is 0 Å². The summed E-state index contributed by atoms with van der Waals surface area (Å²) < 4.78 is 0. The van der Waals surface area contributed by atoms with Gasteiger partial charge in [0.2, 0.25) is 0 Å². The normalized spacial score (nSPS) is 39.0. The maximum absolute atomic E-state index is 10.9. The van der Waals surface area contributed by atoms with Crippen molar-refractivity contribution in [2.75, 3.05) is 0 Å². The van der Waals surface area contributed by atoms with E-state index in [1.54, 1.807) is 0 Å². The molecule has 3 aliphatic rings. The van der Waals surface area contributed by atoms with E-state index in [-0.39, 0.29) is 6.42 Å². The number of rotatable bonds is 6. The van der Waals surface area contributed by atoms with Crippen molar-refractivity contribution in [3.05, 3.63) is 35.5 Å². The monoisotopic (exact) mass is 402 g/mol. The quantitative estimate of drug-likeness (QED) is 0.583. The van der Waals surface area contributed by atoms with Crippen LogP contribution in [-0.4, -0.2) is 33.5 Å². The first-order chi connectivity index (χ1) is 13.7. The number of aliphatic hydroxyl groups excluding tert-OH is 2. The molecule has 4 nitrogen and oxygen atoms in total. The van der Waals surface area contributed by atoms with Gasteiger partial charge in [0.15, 0.2) is 0 Å². The van der Waals surface area contributed by atoms with Gasteiger partial charge in [0, 0.05) is 12.8 Å². The fourth-order valence-electron chi connectivity index (χ4n) is 6.46. The zero-order valence-electron chi connectivity index (χ0n) is 18.1. The number of aliphatic carboxylic acids is 1. The third-order valence-electron chi connectivity index (χ3n) is 8.04. The molecule has 0 heterocycles. The van der Waals surface area contributed by atoms with Crippen LogP contribution in [0.1, 0.15) is 78.1 Å². The predicted molar refractivity (Wildman–Crippen MR) is 115 cm³/mol. The van der Waals surface area contributed by atoms with Crippen molar-refractivity contribution in [1.29, 1.82) is 0 Å². The van der Waals surface area contributed by atoms with Crippen LogP contribution in [0.5, 0.6) is 0 Å². The van der Waals surface area contributed by atoms with Crippen molar-refractivity contribution >= 4 is 5.97 Å². The van der Waals surface area contributed by atoms with Crippen LogP contribution >= 0.6 is 0 Å². The Kier molecular flexibility index (Phi) is 7.06. The van der Waals surface area contributed by atoms with Crippen LogP contribution in [0, 0.1) is 23.2 Å². The van der Waals surface area contributed by atoms with E-state index in [9.17, 15) is 15.0 Å². The van der Waals surface area contributed by atoms with Gasteiger partial charge in [-0.2, -0.15) is 0 Å². The Labute approximate surface area is 175 Å². The molecule has 0 amide bonds. The van der Waals surface area contributed by atoms with Crippen molar-refractivity contribution in [1.82, 2.24) is 0 Å². The number of aliphatic hydroxyl groups is 2. The minimum Gasteiger partial charge on any atom is -0.481 e. The number of hydrogen-bond acceptors (Lipinski definition) is 3. The van der Waals surface area contributed by atoms with E-state index in [1.807, 2.05) is 0 Å². The second kappa shape index (κ2) is 9.18. The third kappa shape index (κ3) is 4.86. The average molecular weight is 403 g/mol. The lowest BCUT2D eigenvalue weighted by atomic mass is 9.60. The first-order valence-corrected chi connectivity index (χ1v) is 11.4. The van der Waals surface area contributed by atoms with E-state index >= 15 is 0 Å². The summed E-state index contributed by atoms with van der Waals surface area (Å²) in [4.78, 5) is 10.9. The van der Waals surface area contributed by atoms with E-state index in [4.69, 9.17) is 5.11 Å². The van der Waals surface area contributed by atoms with Crippen LogP contribution < -0.4 is 0 Å². The Morgan fingerprint density at radius 1 is 1.31 bits per heavy atom. The summed E-state index contributed by atoms with van der Waals surface area (Å²) in [6.45, 7) is 8.80. The van der Waals surface area contributed by atoms with Crippen molar-refractivity contribution in [3.8, 4) is 0 Å². The molecule has 6 atom stereocenters. The fourth-order valence-corrected chi connectivity index (χ4v) is 6.46. The zero-order chi connectivity index (χ0) is 21.2. The topological polar surface area (TPSA) is 77.8 Å². The molecule has 162 valence electrons. The van der Waals surface area contributed by atoms with Gasteiger partial charge in [-0.3, -0.25) is 4.79 Å². The molecule has 3 saturated carbocycles. The number of carboxylic acid groups (broad SMARTS) is 1. The van der Waals surface area contributed by atoms with Crippen LogP contribution in [-0.2, 0) is 4.79 Å². The van der Waals surface area contributed by atoms with Crippen molar-refractivity contribution < 1.29 is 20.1 Å². The lowest BCUT2D eigenvalue weighted by molar-refractivity contribution is -0.137. The van der Waals surface area contributed by atoms with Crippen molar-refractivity contribution in [2.45, 2.75) is 90.3 Å². The summed E-state index contributed by atoms with van der Waals surface area (Å²) >= 11 is 0. The molecule has 0 aliphatic heterocycles. The minimum absolute atomic E-state index is 0.275. The van der Waals surface area contributed by atoms with Gasteiger partial charge in [-0.05, 0) is 85.7 Å². The van der Waals surface area contributed by atoms with Gasteiger partial charge in [-0.1, -0.05) is 38.2 Å². The second-order valence-electron chi connectivity index (χ2n) is 9.93. The summed E-state index contributed by atoms with van der Waals surface area (Å²) in [5, 5.41) is 29.0. The van der Waals surface area contributed by atoms with Crippen molar-refractivity contribution in [2.24, 2.45) is 23.2 Å². The highest BCUT2D eigenvalue weighted by atomic mass is 16.4. The Morgan fingerprint density at radius 3 is 2.79 bits per heavy atom. The fraction of sp³-hybridized carbons (Fsp3) is 0.720. The SMILES string of the molecule is C=C1/C(=C\C=C2/CCC[C@]3(C)[C@@H]([C@H](C)CCCC(=O)O)CC[C@@H]23)C[C@@H](O)C[C@@H]1O. The molecule has 0 unspecified atom stereocenters. The van der Waals surface area contributed by atoms with E-state index < -0.39 is 18.2 Å². The van der Waals surface area contributed by atoms with Gasteiger partial charge in [-0.25, -0.2) is 0 Å². The van der Waals surface area contributed by atoms with Crippen LogP contribution in [0.4, 0.5) is 0 Å². The standard InChI is InChI=1S/C25H38O4/c1-16(6-4-8-24(28)29)21-11-12-22-18(7-5-13-25(21,22)3)9-10-19-14-20(26)15-23(27)17(19)2/h9-10,16,20-23,26-27H,2,4-8,11-15H2,1,3H3,(H,28,29)/b18-9+,19-10-/t16-,20-,21-,22+,23+,25-/m1/s1. The Hall–Kier alpha value is -1.39.